The fourth-order valence-corrected chi connectivity index (χ4v) is 2.78. The lowest BCUT2D eigenvalue weighted by molar-refractivity contribution is -0.119. The van der Waals surface area contributed by atoms with Crippen molar-refractivity contribution >= 4 is 17.4 Å². The number of hydrogen-bond acceptors (Lipinski definition) is 2. The van der Waals surface area contributed by atoms with Crippen LogP contribution in [-0.2, 0) is 15.0 Å². The Balaban J connectivity index is 2.24. The number of aryl methyl sites for hydroxylation is 1. The zero-order valence-electron chi connectivity index (χ0n) is 11.0. The van der Waals surface area contributed by atoms with Gasteiger partial charge in [-0.2, -0.15) is 0 Å². The summed E-state index contributed by atoms with van der Waals surface area (Å²) in [5.74, 6) is 0.0474. The molecule has 0 radical (unpaired) electrons. The first-order valence-corrected chi connectivity index (χ1v) is 6.32. The summed E-state index contributed by atoms with van der Waals surface area (Å²) in [6, 6.07) is 6.08. The van der Waals surface area contributed by atoms with Crippen molar-refractivity contribution in [2.24, 2.45) is 0 Å². The highest BCUT2D eigenvalue weighted by molar-refractivity contribution is 6.03. The van der Waals surface area contributed by atoms with E-state index in [0.717, 1.165) is 16.8 Å². The van der Waals surface area contributed by atoms with Crippen LogP contribution in [-0.4, -0.2) is 18.7 Å². The Morgan fingerprint density at radius 3 is 2.53 bits per heavy atom. The molecule has 1 amide bonds. The number of rotatable bonds is 0. The molecule has 1 heterocycles. The molecule has 19 heavy (non-hydrogen) atoms. The van der Waals surface area contributed by atoms with Crippen LogP contribution in [0.25, 0.3) is 0 Å². The molecule has 3 rings (SSSR count). The number of carbonyl (C=O) groups excluding carboxylic acids is 2. The van der Waals surface area contributed by atoms with E-state index >= 15 is 0 Å². The molecule has 1 aliphatic heterocycles. The van der Waals surface area contributed by atoms with Gasteiger partial charge in [0.1, 0.15) is 0 Å². The Morgan fingerprint density at radius 2 is 1.84 bits per heavy atom. The second-order valence-corrected chi connectivity index (χ2v) is 5.26. The molecule has 0 saturated carbocycles. The summed E-state index contributed by atoms with van der Waals surface area (Å²) < 4.78 is 0. The normalized spacial score (nSPS) is 20.0. The lowest BCUT2D eigenvalue weighted by atomic mass is 9.71. The van der Waals surface area contributed by atoms with Crippen molar-refractivity contribution < 1.29 is 9.59 Å². The van der Waals surface area contributed by atoms with E-state index in [-0.39, 0.29) is 11.7 Å². The summed E-state index contributed by atoms with van der Waals surface area (Å²) in [5.41, 5.74) is 2.71. The molecule has 1 spiro atoms. The minimum atomic E-state index is -0.459. The maximum absolute atomic E-state index is 12.2. The maximum atomic E-state index is 12.2. The van der Waals surface area contributed by atoms with Crippen LogP contribution in [0.4, 0.5) is 5.69 Å². The van der Waals surface area contributed by atoms with Gasteiger partial charge in [-0.25, -0.2) is 0 Å². The highest BCUT2D eigenvalue weighted by atomic mass is 16.2. The Hall–Kier alpha value is -2.16. The van der Waals surface area contributed by atoms with Crippen molar-refractivity contribution in [3.63, 3.8) is 0 Å². The van der Waals surface area contributed by atoms with Crippen LogP contribution in [0.5, 0.6) is 0 Å². The van der Waals surface area contributed by atoms with E-state index in [1.54, 1.807) is 24.1 Å². The Kier molecular flexibility index (Phi) is 2.45. The minimum absolute atomic E-state index is 0.0220. The first-order valence-electron chi connectivity index (χ1n) is 6.32. The summed E-state index contributed by atoms with van der Waals surface area (Å²) in [4.78, 5) is 25.2. The Morgan fingerprint density at radius 1 is 1.16 bits per heavy atom. The van der Waals surface area contributed by atoms with Crippen LogP contribution in [0.2, 0.25) is 0 Å². The van der Waals surface area contributed by atoms with Gasteiger partial charge in [-0.05, 0) is 30.7 Å². The lowest BCUT2D eigenvalue weighted by Crippen LogP contribution is -2.41. The van der Waals surface area contributed by atoms with Gasteiger partial charge < -0.3 is 4.90 Å². The lowest BCUT2D eigenvalue weighted by Gasteiger charge is -2.39. The minimum Gasteiger partial charge on any atom is -0.315 e. The van der Waals surface area contributed by atoms with Gasteiger partial charge >= 0.3 is 0 Å². The third-order valence-corrected chi connectivity index (χ3v) is 3.92. The molecule has 0 bridgehead atoms. The van der Waals surface area contributed by atoms with Crippen molar-refractivity contribution in [1.82, 2.24) is 0 Å². The average Bonchev–Trinajstić information content (AvgIpc) is 2.39. The van der Waals surface area contributed by atoms with Crippen LogP contribution in [0, 0.1) is 6.92 Å². The maximum Gasteiger partial charge on any atom is 0.228 e. The predicted molar refractivity (Wildman–Crippen MR) is 74.2 cm³/mol. The van der Waals surface area contributed by atoms with Gasteiger partial charge in [-0.3, -0.25) is 9.59 Å². The van der Waals surface area contributed by atoms with E-state index in [1.165, 1.54) is 0 Å². The predicted octanol–water partition coefficient (Wildman–Crippen LogP) is 2.29. The van der Waals surface area contributed by atoms with E-state index in [4.69, 9.17) is 0 Å². The van der Waals surface area contributed by atoms with Crippen LogP contribution in [0.15, 0.2) is 42.5 Å². The Bertz CT molecular complexity index is 624. The summed E-state index contributed by atoms with van der Waals surface area (Å²) >= 11 is 0. The summed E-state index contributed by atoms with van der Waals surface area (Å²) in [7, 11) is 1.80. The van der Waals surface area contributed by atoms with Gasteiger partial charge in [0.05, 0.1) is 0 Å². The van der Waals surface area contributed by atoms with Crippen molar-refractivity contribution in [1.29, 1.82) is 0 Å². The summed E-state index contributed by atoms with van der Waals surface area (Å²) in [5, 5.41) is 0. The average molecular weight is 253 g/mol. The van der Waals surface area contributed by atoms with Crippen LogP contribution in [0.1, 0.15) is 17.5 Å². The SMILES string of the molecule is Cc1ccc2c(c1)C1(C=CC(=O)C=C1)CC(=O)N2C. The smallest absolute Gasteiger partial charge is 0.228 e. The quantitative estimate of drug-likeness (QED) is 0.711. The molecule has 1 aromatic carbocycles. The third kappa shape index (κ3) is 1.73. The van der Waals surface area contributed by atoms with Crippen molar-refractivity contribution in [3.8, 4) is 0 Å². The molecule has 0 fully saturated rings. The van der Waals surface area contributed by atoms with Gasteiger partial charge in [-0.15, -0.1) is 0 Å². The number of benzene rings is 1. The molecule has 96 valence electrons. The number of nitrogens with zero attached hydrogens (tertiary/aromatic N) is 1. The molecular weight excluding hydrogens is 238 g/mol. The molecule has 3 nitrogen and oxygen atoms in total. The summed E-state index contributed by atoms with van der Waals surface area (Å²) in [6.45, 7) is 2.03. The van der Waals surface area contributed by atoms with E-state index in [9.17, 15) is 9.59 Å². The van der Waals surface area contributed by atoms with Gasteiger partial charge in [0, 0.05) is 24.6 Å². The third-order valence-electron chi connectivity index (χ3n) is 3.92. The standard InChI is InChI=1S/C16H15NO2/c1-11-3-4-14-13(9-11)16(10-15(19)17(14)2)7-5-12(18)6-8-16/h3-9H,10H2,1-2H3. The fraction of sp³-hybridized carbons (Fsp3) is 0.250. The molecule has 1 aromatic rings. The highest BCUT2D eigenvalue weighted by Crippen LogP contribution is 2.43. The second-order valence-electron chi connectivity index (χ2n) is 5.26. The van der Waals surface area contributed by atoms with Crippen molar-refractivity contribution in [2.75, 3.05) is 11.9 Å². The molecule has 0 unspecified atom stereocenters. The number of amides is 1. The van der Waals surface area contributed by atoms with E-state index < -0.39 is 5.41 Å². The first-order chi connectivity index (χ1) is 9.02. The van der Waals surface area contributed by atoms with Crippen LogP contribution in [0.3, 0.4) is 0 Å². The molecule has 0 atom stereocenters. The van der Waals surface area contributed by atoms with Crippen LogP contribution < -0.4 is 4.90 Å². The Labute approximate surface area is 112 Å². The van der Waals surface area contributed by atoms with Crippen molar-refractivity contribution in [3.05, 3.63) is 53.6 Å². The number of ketones is 1. The molecule has 1 aliphatic carbocycles. The largest absolute Gasteiger partial charge is 0.315 e. The van der Waals surface area contributed by atoms with Gasteiger partial charge in [-0.1, -0.05) is 29.8 Å². The number of hydrogen-bond donors (Lipinski definition) is 0. The fourth-order valence-electron chi connectivity index (χ4n) is 2.78. The first kappa shape index (κ1) is 11.9. The zero-order valence-corrected chi connectivity index (χ0v) is 11.0. The topological polar surface area (TPSA) is 37.4 Å². The second kappa shape index (κ2) is 3.92. The van der Waals surface area contributed by atoms with E-state index in [0.29, 0.717) is 6.42 Å². The van der Waals surface area contributed by atoms with Gasteiger partial charge in [0.25, 0.3) is 0 Å². The van der Waals surface area contributed by atoms with E-state index in [1.807, 2.05) is 31.2 Å². The monoisotopic (exact) mass is 253 g/mol. The van der Waals surface area contributed by atoms with Gasteiger partial charge in [0.15, 0.2) is 5.78 Å². The number of anilines is 1. The number of fused-ring (bicyclic) bond motifs is 2. The number of carbonyl (C=O) groups is 2. The van der Waals surface area contributed by atoms with Crippen molar-refractivity contribution in [2.45, 2.75) is 18.8 Å². The molecular formula is C16H15NO2. The molecule has 0 aromatic heterocycles. The molecule has 0 N–H and O–H groups in total. The van der Waals surface area contributed by atoms with E-state index in [2.05, 4.69) is 6.07 Å². The zero-order chi connectivity index (χ0) is 13.6. The van der Waals surface area contributed by atoms with Gasteiger partial charge in [0.2, 0.25) is 5.91 Å². The highest BCUT2D eigenvalue weighted by Gasteiger charge is 2.39. The molecule has 0 saturated heterocycles. The molecule has 2 aliphatic rings. The molecule has 3 heteroatoms. The van der Waals surface area contributed by atoms with Crippen LogP contribution >= 0.6 is 0 Å². The number of allylic oxidation sites excluding steroid dienone is 4. The summed E-state index contributed by atoms with van der Waals surface area (Å²) in [6.07, 6.45) is 7.21.